The Hall–Kier alpha value is -2.54. The summed E-state index contributed by atoms with van der Waals surface area (Å²) in [5.74, 6) is 0.546. The minimum absolute atomic E-state index is 0.121. The lowest BCUT2D eigenvalue weighted by atomic mass is 9.99. The lowest BCUT2D eigenvalue weighted by Crippen LogP contribution is -2.39. The third-order valence-corrected chi connectivity index (χ3v) is 6.65. The number of thioether (sulfide) groups is 1. The van der Waals surface area contributed by atoms with E-state index in [2.05, 4.69) is 6.92 Å². The number of fused-ring (bicyclic) bond motifs is 1. The number of para-hydroxylation sites is 1. The molecule has 152 valence electrons. The molecule has 0 bridgehead atoms. The lowest BCUT2D eigenvalue weighted by molar-refractivity contribution is -0.133. The molecule has 0 saturated carbocycles. The van der Waals surface area contributed by atoms with Crippen molar-refractivity contribution in [3.63, 3.8) is 0 Å². The number of carbonyl (C=O) groups excluding carboxylic acids is 3. The Labute approximate surface area is 174 Å². The van der Waals surface area contributed by atoms with Crippen molar-refractivity contribution in [1.82, 2.24) is 14.4 Å². The van der Waals surface area contributed by atoms with Crippen LogP contribution in [0.5, 0.6) is 0 Å². The Kier molecular flexibility index (Phi) is 5.50. The summed E-state index contributed by atoms with van der Waals surface area (Å²) in [6.45, 7) is 6.30. The molecule has 6 nitrogen and oxygen atoms in total. The van der Waals surface area contributed by atoms with Gasteiger partial charge in [0.05, 0.1) is 4.91 Å². The van der Waals surface area contributed by atoms with E-state index >= 15 is 0 Å². The van der Waals surface area contributed by atoms with Gasteiger partial charge < -0.3 is 9.47 Å². The van der Waals surface area contributed by atoms with Gasteiger partial charge in [-0.3, -0.25) is 19.3 Å². The second-order valence-corrected chi connectivity index (χ2v) is 8.71. The van der Waals surface area contributed by atoms with Gasteiger partial charge in [-0.25, -0.2) is 0 Å². The number of benzene rings is 1. The van der Waals surface area contributed by atoms with Crippen LogP contribution >= 0.6 is 11.8 Å². The Balaban J connectivity index is 1.62. The number of carbonyl (C=O) groups is 3. The van der Waals surface area contributed by atoms with E-state index in [9.17, 15) is 14.4 Å². The van der Waals surface area contributed by atoms with Crippen LogP contribution in [0.4, 0.5) is 4.79 Å². The van der Waals surface area contributed by atoms with Crippen LogP contribution in [-0.4, -0.2) is 51.1 Å². The molecule has 0 radical (unpaired) electrons. The van der Waals surface area contributed by atoms with Gasteiger partial charge in [0.25, 0.3) is 11.1 Å². The summed E-state index contributed by atoms with van der Waals surface area (Å²) in [5.41, 5.74) is 1.80. The zero-order valence-electron chi connectivity index (χ0n) is 16.8. The summed E-state index contributed by atoms with van der Waals surface area (Å²) in [5, 5.41) is 0.734. The molecule has 0 atom stereocenters. The van der Waals surface area contributed by atoms with Gasteiger partial charge >= 0.3 is 0 Å². The highest BCUT2D eigenvalue weighted by molar-refractivity contribution is 8.18. The average molecular weight is 412 g/mol. The predicted octanol–water partition coefficient (Wildman–Crippen LogP) is 3.96. The fraction of sp³-hybridized carbons (Fsp3) is 0.409. The Morgan fingerprint density at radius 1 is 1.21 bits per heavy atom. The first kappa shape index (κ1) is 19.8. The first-order valence-electron chi connectivity index (χ1n) is 10.1. The highest BCUT2D eigenvalue weighted by atomic mass is 32.2. The number of likely N-dealkylation sites (tertiary alicyclic amines) is 1. The molecule has 2 aliphatic heterocycles. The Morgan fingerprint density at radius 2 is 1.93 bits per heavy atom. The van der Waals surface area contributed by atoms with E-state index in [1.165, 1.54) is 4.90 Å². The SMILES string of the molecule is CCN1C(=O)S/C(=C\c2cn(CC(=O)N3CCC(C)CC3)c3ccccc23)C1=O. The van der Waals surface area contributed by atoms with E-state index in [4.69, 9.17) is 0 Å². The van der Waals surface area contributed by atoms with Gasteiger partial charge in [0.15, 0.2) is 0 Å². The van der Waals surface area contributed by atoms with Gasteiger partial charge in [-0.15, -0.1) is 0 Å². The summed E-state index contributed by atoms with van der Waals surface area (Å²) >= 11 is 0.970. The minimum Gasteiger partial charge on any atom is -0.341 e. The molecule has 1 aromatic carbocycles. The molecule has 0 N–H and O–H groups in total. The maximum Gasteiger partial charge on any atom is 0.293 e. The molecule has 4 rings (SSSR count). The summed E-state index contributed by atoms with van der Waals surface area (Å²) in [7, 11) is 0. The number of hydrogen-bond donors (Lipinski definition) is 0. The molecule has 0 spiro atoms. The first-order chi connectivity index (χ1) is 14.0. The van der Waals surface area contributed by atoms with Crippen molar-refractivity contribution < 1.29 is 14.4 Å². The molecular formula is C22H25N3O3S. The highest BCUT2D eigenvalue weighted by Gasteiger charge is 2.34. The molecule has 29 heavy (non-hydrogen) atoms. The van der Waals surface area contributed by atoms with Gasteiger partial charge in [0, 0.05) is 42.3 Å². The number of piperidine rings is 1. The fourth-order valence-electron chi connectivity index (χ4n) is 3.94. The zero-order valence-corrected chi connectivity index (χ0v) is 17.6. The van der Waals surface area contributed by atoms with Crippen LogP contribution in [0.25, 0.3) is 17.0 Å². The number of rotatable bonds is 4. The average Bonchev–Trinajstić information content (AvgIpc) is 3.19. The van der Waals surface area contributed by atoms with Gasteiger partial charge in [-0.05, 0) is 49.6 Å². The summed E-state index contributed by atoms with van der Waals surface area (Å²) in [4.78, 5) is 40.9. The van der Waals surface area contributed by atoms with Gasteiger partial charge in [-0.2, -0.15) is 0 Å². The van der Waals surface area contributed by atoms with Gasteiger partial charge in [0.2, 0.25) is 5.91 Å². The minimum atomic E-state index is -0.252. The van der Waals surface area contributed by atoms with Crippen molar-refractivity contribution in [2.45, 2.75) is 33.2 Å². The van der Waals surface area contributed by atoms with Crippen LogP contribution in [0.1, 0.15) is 32.3 Å². The summed E-state index contributed by atoms with van der Waals surface area (Å²) < 4.78 is 1.95. The number of aromatic nitrogens is 1. The van der Waals surface area contributed by atoms with Crippen molar-refractivity contribution in [2.24, 2.45) is 5.92 Å². The van der Waals surface area contributed by atoms with Crippen LogP contribution in [0.2, 0.25) is 0 Å². The summed E-state index contributed by atoms with van der Waals surface area (Å²) in [6.07, 6.45) is 5.79. The number of hydrogen-bond acceptors (Lipinski definition) is 4. The number of likely N-dealkylation sites (N-methyl/N-ethyl adjacent to an activating group) is 1. The van der Waals surface area contributed by atoms with Gasteiger partial charge in [0.1, 0.15) is 6.54 Å². The molecular weight excluding hydrogens is 386 g/mol. The van der Waals surface area contributed by atoms with E-state index in [-0.39, 0.29) is 23.6 Å². The molecule has 1 aromatic heterocycles. The maximum atomic E-state index is 12.8. The molecule has 0 aliphatic carbocycles. The van der Waals surface area contributed by atoms with Crippen LogP contribution in [0.15, 0.2) is 35.4 Å². The topological polar surface area (TPSA) is 62.6 Å². The Bertz CT molecular complexity index is 1000. The highest BCUT2D eigenvalue weighted by Crippen LogP contribution is 2.34. The third-order valence-electron chi connectivity index (χ3n) is 5.74. The van der Waals surface area contributed by atoms with Crippen molar-refractivity contribution in [1.29, 1.82) is 0 Å². The maximum absolute atomic E-state index is 12.8. The van der Waals surface area contributed by atoms with E-state index in [1.807, 2.05) is 39.9 Å². The van der Waals surface area contributed by atoms with Crippen LogP contribution in [0.3, 0.4) is 0 Å². The number of imide groups is 1. The van der Waals surface area contributed by atoms with Crippen LogP contribution < -0.4 is 0 Å². The van der Waals surface area contributed by atoms with Gasteiger partial charge in [-0.1, -0.05) is 25.1 Å². The van der Waals surface area contributed by atoms with E-state index in [0.29, 0.717) is 17.4 Å². The van der Waals surface area contributed by atoms with Crippen molar-refractivity contribution >= 4 is 45.8 Å². The van der Waals surface area contributed by atoms with Crippen LogP contribution in [0, 0.1) is 5.92 Å². The second-order valence-electron chi connectivity index (χ2n) is 7.72. The molecule has 2 aromatic rings. The molecule has 3 heterocycles. The van der Waals surface area contributed by atoms with Crippen molar-refractivity contribution in [3.05, 3.63) is 40.9 Å². The second kappa shape index (κ2) is 8.06. The first-order valence-corrected chi connectivity index (χ1v) is 10.9. The predicted molar refractivity (Wildman–Crippen MR) is 115 cm³/mol. The van der Waals surface area contributed by atoms with E-state index < -0.39 is 0 Å². The molecule has 0 unspecified atom stereocenters. The smallest absolute Gasteiger partial charge is 0.293 e. The lowest BCUT2D eigenvalue weighted by Gasteiger charge is -2.30. The number of amides is 3. The van der Waals surface area contributed by atoms with Crippen molar-refractivity contribution in [2.75, 3.05) is 19.6 Å². The third kappa shape index (κ3) is 3.83. The fourth-order valence-corrected chi connectivity index (χ4v) is 4.83. The quantitative estimate of drug-likeness (QED) is 0.715. The normalized spacial score (nSPS) is 19.7. The van der Waals surface area contributed by atoms with E-state index in [1.54, 1.807) is 13.0 Å². The number of nitrogens with zero attached hydrogens (tertiary/aromatic N) is 3. The van der Waals surface area contributed by atoms with Crippen molar-refractivity contribution in [3.8, 4) is 0 Å². The summed E-state index contributed by atoms with van der Waals surface area (Å²) in [6, 6.07) is 7.85. The Morgan fingerprint density at radius 3 is 2.62 bits per heavy atom. The zero-order chi connectivity index (χ0) is 20.5. The van der Waals surface area contributed by atoms with E-state index in [0.717, 1.165) is 54.2 Å². The molecule has 2 saturated heterocycles. The molecule has 2 aliphatic rings. The van der Waals surface area contributed by atoms with Crippen LogP contribution in [-0.2, 0) is 16.1 Å². The monoisotopic (exact) mass is 411 g/mol. The standard InChI is InChI=1S/C22H25N3O3S/c1-3-25-21(27)19(29-22(25)28)12-16-13-24(18-7-5-4-6-17(16)18)14-20(26)23-10-8-15(2)9-11-23/h4-7,12-13,15H,3,8-11,14H2,1-2H3/b19-12-. The largest absolute Gasteiger partial charge is 0.341 e. The molecule has 2 fully saturated rings. The molecule has 7 heteroatoms. The molecule has 3 amide bonds.